The molecule has 4 heteroatoms. The maximum atomic E-state index is 8.85. The fourth-order valence-corrected chi connectivity index (χ4v) is 1.26. The first kappa shape index (κ1) is 8.22. The van der Waals surface area contributed by atoms with E-state index in [0.29, 0.717) is 0 Å². The van der Waals surface area contributed by atoms with Crippen LogP contribution in [-0.4, -0.2) is 21.7 Å². The number of pyridine rings is 1. The standard InChI is InChI=1S/C9H11N3O/c10-7(5-13)6-3-9-8(12-4-6)1-2-11-9/h1-4,7,11,13H,5,10H2/t7-/m1/s1. The van der Waals surface area contributed by atoms with Crippen molar-refractivity contribution in [2.24, 2.45) is 5.73 Å². The van der Waals surface area contributed by atoms with E-state index in [1.165, 1.54) is 0 Å². The molecule has 0 aliphatic rings. The number of rotatable bonds is 2. The number of aliphatic hydroxyl groups excluding tert-OH is 1. The summed E-state index contributed by atoms with van der Waals surface area (Å²) in [4.78, 5) is 7.23. The van der Waals surface area contributed by atoms with E-state index in [4.69, 9.17) is 10.8 Å². The fraction of sp³-hybridized carbons (Fsp3) is 0.222. The van der Waals surface area contributed by atoms with Crippen LogP contribution in [0.4, 0.5) is 0 Å². The van der Waals surface area contributed by atoms with Crippen LogP contribution in [0.1, 0.15) is 11.6 Å². The minimum atomic E-state index is -0.347. The Labute approximate surface area is 75.4 Å². The molecular formula is C9H11N3O. The molecule has 2 aromatic rings. The number of aliphatic hydroxyl groups is 1. The van der Waals surface area contributed by atoms with Crippen molar-refractivity contribution in [2.45, 2.75) is 6.04 Å². The van der Waals surface area contributed by atoms with Crippen LogP contribution in [0.2, 0.25) is 0 Å². The van der Waals surface area contributed by atoms with E-state index >= 15 is 0 Å². The number of aromatic amines is 1. The highest BCUT2D eigenvalue weighted by Gasteiger charge is 2.05. The summed E-state index contributed by atoms with van der Waals surface area (Å²) < 4.78 is 0. The lowest BCUT2D eigenvalue weighted by atomic mass is 10.1. The molecule has 0 saturated heterocycles. The highest BCUT2D eigenvalue weighted by Crippen LogP contribution is 2.14. The zero-order valence-corrected chi connectivity index (χ0v) is 7.07. The number of aromatic nitrogens is 2. The average molecular weight is 177 g/mol. The van der Waals surface area contributed by atoms with Gasteiger partial charge in [-0.2, -0.15) is 0 Å². The summed E-state index contributed by atoms with van der Waals surface area (Å²) in [5.41, 5.74) is 8.35. The smallest absolute Gasteiger partial charge is 0.0878 e. The third-order valence-electron chi connectivity index (χ3n) is 2.04. The second-order valence-corrected chi connectivity index (χ2v) is 2.97. The third-order valence-corrected chi connectivity index (χ3v) is 2.04. The summed E-state index contributed by atoms with van der Waals surface area (Å²) in [5, 5.41) is 8.85. The molecule has 4 nitrogen and oxygen atoms in total. The highest BCUT2D eigenvalue weighted by molar-refractivity contribution is 5.75. The lowest BCUT2D eigenvalue weighted by Gasteiger charge is -2.06. The zero-order chi connectivity index (χ0) is 9.26. The molecule has 0 unspecified atom stereocenters. The lowest BCUT2D eigenvalue weighted by Crippen LogP contribution is -2.14. The van der Waals surface area contributed by atoms with E-state index in [-0.39, 0.29) is 12.6 Å². The maximum Gasteiger partial charge on any atom is 0.0878 e. The van der Waals surface area contributed by atoms with Gasteiger partial charge in [0.15, 0.2) is 0 Å². The molecule has 0 saturated carbocycles. The topological polar surface area (TPSA) is 74.9 Å². The second kappa shape index (κ2) is 3.16. The summed E-state index contributed by atoms with van der Waals surface area (Å²) in [5.74, 6) is 0. The molecule has 0 amide bonds. The first-order chi connectivity index (χ1) is 6.31. The zero-order valence-electron chi connectivity index (χ0n) is 7.07. The summed E-state index contributed by atoms with van der Waals surface area (Å²) in [6, 6.07) is 3.45. The van der Waals surface area contributed by atoms with Crippen LogP contribution in [0, 0.1) is 0 Å². The molecule has 2 heterocycles. The Hall–Kier alpha value is -1.39. The minimum Gasteiger partial charge on any atom is -0.394 e. The molecule has 0 bridgehead atoms. The summed E-state index contributed by atoms with van der Waals surface area (Å²) in [7, 11) is 0. The Balaban J connectivity index is 2.48. The number of nitrogens with two attached hydrogens (primary N) is 1. The number of nitrogens with zero attached hydrogens (tertiary/aromatic N) is 1. The minimum absolute atomic E-state index is 0.0616. The SMILES string of the molecule is N[C@H](CO)c1cnc2cc[nH]c2c1. The van der Waals surface area contributed by atoms with Crippen molar-refractivity contribution in [1.82, 2.24) is 9.97 Å². The summed E-state index contributed by atoms with van der Waals surface area (Å²) in [6.45, 7) is -0.0616. The Bertz CT molecular complexity index is 410. The molecule has 0 aromatic carbocycles. The van der Waals surface area contributed by atoms with Crippen LogP contribution < -0.4 is 5.73 Å². The van der Waals surface area contributed by atoms with E-state index < -0.39 is 0 Å². The van der Waals surface area contributed by atoms with Crippen LogP contribution in [0.5, 0.6) is 0 Å². The van der Waals surface area contributed by atoms with Gasteiger partial charge in [0, 0.05) is 12.4 Å². The van der Waals surface area contributed by atoms with Crippen molar-refractivity contribution in [1.29, 1.82) is 0 Å². The fourth-order valence-electron chi connectivity index (χ4n) is 1.26. The van der Waals surface area contributed by atoms with Gasteiger partial charge in [0.1, 0.15) is 0 Å². The van der Waals surface area contributed by atoms with Crippen molar-refractivity contribution < 1.29 is 5.11 Å². The van der Waals surface area contributed by atoms with Crippen molar-refractivity contribution in [3.05, 3.63) is 30.1 Å². The average Bonchev–Trinajstić information content (AvgIpc) is 2.63. The van der Waals surface area contributed by atoms with Gasteiger partial charge in [-0.25, -0.2) is 0 Å². The second-order valence-electron chi connectivity index (χ2n) is 2.97. The number of hydrogen-bond donors (Lipinski definition) is 3. The van der Waals surface area contributed by atoms with Gasteiger partial charge in [-0.1, -0.05) is 0 Å². The largest absolute Gasteiger partial charge is 0.394 e. The quantitative estimate of drug-likeness (QED) is 0.627. The molecule has 0 fully saturated rings. The van der Waals surface area contributed by atoms with Gasteiger partial charge in [0.25, 0.3) is 0 Å². The number of fused-ring (bicyclic) bond motifs is 1. The van der Waals surface area contributed by atoms with Crippen molar-refractivity contribution in [2.75, 3.05) is 6.61 Å². The normalized spacial score (nSPS) is 13.4. The Morgan fingerprint density at radius 3 is 3.23 bits per heavy atom. The van der Waals surface area contributed by atoms with E-state index in [0.717, 1.165) is 16.6 Å². The van der Waals surface area contributed by atoms with Crippen LogP contribution in [0.15, 0.2) is 24.5 Å². The Morgan fingerprint density at radius 2 is 2.46 bits per heavy atom. The predicted octanol–water partition coefficient (Wildman–Crippen LogP) is 0.555. The lowest BCUT2D eigenvalue weighted by molar-refractivity contribution is 0.268. The number of H-pyrrole nitrogens is 1. The van der Waals surface area contributed by atoms with Gasteiger partial charge in [-0.05, 0) is 17.7 Å². The van der Waals surface area contributed by atoms with E-state index in [2.05, 4.69) is 9.97 Å². The molecule has 2 rings (SSSR count). The van der Waals surface area contributed by atoms with Crippen LogP contribution in [0.3, 0.4) is 0 Å². The molecule has 0 spiro atoms. The van der Waals surface area contributed by atoms with Gasteiger partial charge >= 0.3 is 0 Å². The van der Waals surface area contributed by atoms with Crippen molar-refractivity contribution in [3.63, 3.8) is 0 Å². The molecule has 0 radical (unpaired) electrons. The molecule has 68 valence electrons. The molecular weight excluding hydrogens is 166 g/mol. The van der Waals surface area contributed by atoms with E-state index in [9.17, 15) is 0 Å². The summed E-state index contributed by atoms with van der Waals surface area (Å²) in [6.07, 6.45) is 3.52. The summed E-state index contributed by atoms with van der Waals surface area (Å²) >= 11 is 0. The van der Waals surface area contributed by atoms with Crippen LogP contribution in [0.25, 0.3) is 11.0 Å². The Morgan fingerprint density at radius 1 is 1.62 bits per heavy atom. The molecule has 1 atom stereocenters. The number of hydrogen-bond acceptors (Lipinski definition) is 3. The van der Waals surface area contributed by atoms with E-state index in [1.54, 1.807) is 6.20 Å². The predicted molar refractivity (Wildman–Crippen MR) is 50.1 cm³/mol. The van der Waals surface area contributed by atoms with Crippen LogP contribution in [-0.2, 0) is 0 Å². The molecule has 4 N–H and O–H groups in total. The van der Waals surface area contributed by atoms with Crippen molar-refractivity contribution >= 4 is 11.0 Å². The maximum absolute atomic E-state index is 8.85. The van der Waals surface area contributed by atoms with Gasteiger partial charge in [-0.15, -0.1) is 0 Å². The van der Waals surface area contributed by atoms with E-state index in [1.807, 2.05) is 18.3 Å². The van der Waals surface area contributed by atoms with Gasteiger partial charge in [-0.3, -0.25) is 4.98 Å². The van der Waals surface area contributed by atoms with Crippen molar-refractivity contribution in [3.8, 4) is 0 Å². The third kappa shape index (κ3) is 1.41. The first-order valence-electron chi connectivity index (χ1n) is 4.10. The van der Waals surface area contributed by atoms with Gasteiger partial charge in [0.2, 0.25) is 0 Å². The molecule has 0 aliphatic carbocycles. The van der Waals surface area contributed by atoms with Gasteiger partial charge in [0.05, 0.1) is 23.7 Å². The monoisotopic (exact) mass is 177 g/mol. The van der Waals surface area contributed by atoms with Gasteiger partial charge < -0.3 is 15.8 Å². The highest BCUT2D eigenvalue weighted by atomic mass is 16.3. The molecule has 13 heavy (non-hydrogen) atoms. The first-order valence-corrected chi connectivity index (χ1v) is 4.10. The van der Waals surface area contributed by atoms with Crippen LogP contribution >= 0.6 is 0 Å². The molecule has 0 aliphatic heterocycles. The number of nitrogens with one attached hydrogen (secondary N) is 1. The molecule has 2 aromatic heterocycles. The Kier molecular flexibility index (Phi) is 2.00.